The normalized spacial score (nSPS) is 12.9. The molecule has 0 aliphatic heterocycles. The minimum Gasteiger partial charge on any atom is -0.338 e. The molecule has 7 heteroatoms. The molecule has 1 atom stereocenters. The maximum Gasteiger partial charge on any atom is 0.240 e. The molecule has 2 heterocycles. The first-order chi connectivity index (χ1) is 12.0. The van der Waals surface area contributed by atoms with Gasteiger partial charge in [0.1, 0.15) is 12.7 Å². The van der Waals surface area contributed by atoms with E-state index in [-0.39, 0.29) is 6.04 Å². The van der Waals surface area contributed by atoms with E-state index in [1.807, 2.05) is 12.1 Å². The van der Waals surface area contributed by atoms with Gasteiger partial charge in [0.25, 0.3) is 0 Å². The largest absolute Gasteiger partial charge is 0.338 e. The third-order valence-electron chi connectivity index (χ3n) is 4.21. The van der Waals surface area contributed by atoms with Crippen LogP contribution in [0.1, 0.15) is 44.1 Å². The molecule has 3 aromatic rings. The summed E-state index contributed by atoms with van der Waals surface area (Å²) in [5.41, 5.74) is 2.21. The highest BCUT2D eigenvalue weighted by atomic mass is 16.5. The van der Waals surface area contributed by atoms with Crippen LogP contribution < -0.4 is 0 Å². The Morgan fingerprint density at radius 2 is 1.92 bits per heavy atom. The standard InChI is InChI=1S/C18H24N6O/c1-13(2)9-17-21-18(25-22-17)10-23(4)14(3)15-5-7-16(8-6-15)24-12-19-11-20-24/h5-8,11-14H,9-10H2,1-4H3/t14-/m0/s1. The minimum absolute atomic E-state index is 0.227. The number of hydrogen-bond donors (Lipinski definition) is 0. The second-order valence-corrected chi connectivity index (χ2v) is 6.72. The first-order valence-corrected chi connectivity index (χ1v) is 8.49. The molecule has 0 radical (unpaired) electrons. The summed E-state index contributed by atoms with van der Waals surface area (Å²) in [7, 11) is 2.06. The molecule has 3 rings (SSSR count). The van der Waals surface area contributed by atoms with Gasteiger partial charge in [-0.15, -0.1) is 0 Å². The molecule has 0 bridgehead atoms. The molecule has 132 valence electrons. The van der Waals surface area contributed by atoms with Gasteiger partial charge in [0.05, 0.1) is 12.2 Å². The highest BCUT2D eigenvalue weighted by Crippen LogP contribution is 2.21. The van der Waals surface area contributed by atoms with Crippen molar-refractivity contribution in [1.82, 2.24) is 29.8 Å². The summed E-state index contributed by atoms with van der Waals surface area (Å²) in [5.74, 6) is 1.96. The van der Waals surface area contributed by atoms with Crippen LogP contribution in [-0.2, 0) is 13.0 Å². The molecular formula is C18H24N6O. The molecular weight excluding hydrogens is 316 g/mol. The molecule has 0 fully saturated rings. The van der Waals surface area contributed by atoms with E-state index >= 15 is 0 Å². The maximum absolute atomic E-state index is 5.37. The van der Waals surface area contributed by atoms with Gasteiger partial charge in [-0.3, -0.25) is 4.90 Å². The van der Waals surface area contributed by atoms with Gasteiger partial charge in [-0.05, 0) is 37.6 Å². The number of hydrogen-bond acceptors (Lipinski definition) is 6. The summed E-state index contributed by atoms with van der Waals surface area (Å²) in [4.78, 5) is 10.6. The Hall–Kier alpha value is -2.54. The predicted molar refractivity (Wildman–Crippen MR) is 94.1 cm³/mol. The molecule has 0 saturated heterocycles. The van der Waals surface area contributed by atoms with E-state index in [1.54, 1.807) is 11.0 Å². The maximum atomic E-state index is 5.37. The zero-order valence-corrected chi connectivity index (χ0v) is 15.1. The molecule has 25 heavy (non-hydrogen) atoms. The Morgan fingerprint density at radius 3 is 2.56 bits per heavy atom. The SMILES string of the molecule is CC(C)Cc1noc(CN(C)[C@@H](C)c2ccc(-n3cncn3)cc2)n1. The van der Waals surface area contributed by atoms with Crippen LogP contribution >= 0.6 is 0 Å². The predicted octanol–water partition coefficient (Wildman–Crippen LogP) is 3.04. The lowest BCUT2D eigenvalue weighted by atomic mass is 10.1. The number of aromatic nitrogens is 5. The quantitative estimate of drug-likeness (QED) is 0.658. The van der Waals surface area contributed by atoms with Crippen molar-refractivity contribution in [2.75, 3.05) is 7.05 Å². The zero-order chi connectivity index (χ0) is 17.8. The number of benzene rings is 1. The second kappa shape index (κ2) is 7.57. The number of rotatable bonds is 7. The molecule has 1 aromatic carbocycles. The van der Waals surface area contributed by atoms with Gasteiger partial charge < -0.3 is 4.52 Å². The van der Waals surface area contributed by atoms with E-state index < -0.39 is 0 Å². The lowest BCUT2D eigenvalue weighted by Gasteiger charge is -2.23. The third-order valence-corrected chi connectivity index (χ3v) is 4.21. The summed E-state index contributed by atoms with van der Waals surface area (Å²) >= 11 is 0. The van der Waals surface area contributed by atoms with Gasteiger partial charge in [0.2, 0.25) is 5.89 Å². The molecule has 0 amide bonds. The van der Waals surface area contributed by atoms with Crippen LogP contribution in [-0.4, -0.2) is 36.9 Å². The Bertz CT molecular complexity index is 778. The van der Waals surface area contributed by atoms with E-state index in [9.17, 15) is 0 Å². The van der Waals surface area contributed by atoms with Crippen molar-refractivity contribution in [3.8, 4) is 5.69 Å². The molecule has 0 aliphatic rings. The first kappa shape index (κ1) is 17.3. The smallest absolute Gasteiger partial charge is 0.240 e. The van der Waals surface area contributed by atoms with Crippen LogP contribution in [0.5, 0.6) is 0 Å². The Balaban J connectivity index is 1.63. The monoisotopic (exact) mass is 340 g/mol. The van der Waals surface area contributed by atoms with Crippen molar-refractivity contribution in [3.05, 3.63) is 54.2 Å². The average Bonchev–Trinajstić information content (AvgIpc) is 3.26. The van der Waals surface area contributed by atoms with Crippen molar-refractivity contribution in [3.63, 3.8) is 0 Å². The van der Waals surface area contributed by atoms with E-state index in [2.05, 4.69) is 65.1 Å². The molecule has 0 saturated carbocycles. The van der Waals surface area contributed by atoms with Gasteiger partial charge in [-0.1, -0.05) is 31.1 Å². The average molecular weight is 340 g/mol. The van der Waals surface area contributed by atoms with Crippen molar-refractivity contribution in [2.45, 2.75) is 39.8 Å². The zero-order valence-electron chi connectivity index (χ0n) is 15.1. The van der Waals surface area contributed by atoms with Crippen molar-refractivity contribution >= 4 is 0 Å². The van der Waals surface area contributed by atoms with Crippen LogP contribution in [0.4, 0.5) is 0 Å². The summed E-state index contributed by atoms with van der Waals surface area (Å²) < 4.78 is 7.11. The summed E-state index contributed by atoms with van der Waals surface area (Å²) in [6.07, 6.45) is 4.06. The first-order valence-electron chi connectivity index (χ1n) is 8.49. The highest BCUT2D eigenvalue weighted by molar-refractivity contribution is 5.34. The van der Waals surface area contributed by atoms with Crippen LogP contribution in [0.25, 0.3) is 5.69 Å². The van der Waals surface area contributed by atoms with Gasteiger partial charge in [0, 0.05) is 12.5 Å². The van der Waals surface area contributed by atoms with Crippen molar-refractivity contribution in [2.24, 2.45) is 5.92 Å². The van der Waals surface area contributed by atoms with Gasteiger partial charge in [-0.25, -0.2) is 9.67 Å². The van der Waals surface area contributed by atoms with Gasteiger partial charge in [0.15, 0.2) is 5.82 Å². The molecule has 0 aliphatic carbocycles. The number of nitrogens with zero attached hydrogens (tertiary/aromatic N) is 6. The molecule has 2 aromatic heterocycles. The fourth-order valence-electron chi connectivity index (χ4n) is 2.65. The highest BCUT2D eigenvalue weighted by Gasteiger charge is 2.16. The Morgan fingerprint density at radius 1 is 1.16 bits per heavy atom. The van der Waals surface area contributed by atoms with Crippen LogP contribution in [0.15, 0.2) is 41.4 Å². The van der Waals surface area contributed by atoms with Crippen LogP contribution in [0.3, 0.4) is 0 Å². The fraction of sp³-hybridized carbons (Fsp3) is 0.444. The van der Waals surface area contributed by atoms with E-state index in [0.717, 1.165) is 17.9 Å². The van der Waals surface area contributed by atoms with Crippen LogP contribution in [0.2, 0.25) is 0 Å². The molecule has 0 unspecified atom stereocenters. The van der Waals surface area contributed by atoms with Gasteiger partial charge in [-0.2, -0.15) is 10.1 Å². The van der Waals surface area contributed by atoms with Gasteiger partial charge >= 0.3 is 0 Å². The summed E-state index contributed by atoms with van der Waals surface area (Å²) in [5, 5.41) is 8.20. The van der Waals surface area contributed by atoms with E-state index in [1.165, 1.54) is 11.9 Å². The summed E-state index contributed by atoms with van der Waals surface area (Å²) in [6.45, 7) is 7.08. The van der Waals surface area contributed by atoms with Crippen LogP contribution in [0, 0.1) is 5.92 Å². The molecule has 0 N–H and O–H groups in total. The lowest BCUT2D eigenvalue weighted by molar-refractivity contribution is 0.216. The summed E-state index contributed by atoms with van der Waals surface area (Å²) in [6, 6.07) is 8.53. The van der Waals surface area contributed by atoms with E-state index in [0.29, 0.717) is 18.4 Å². The Labute approximate surface area is 147 Å². The Kier molecular flexibility index (Phi) is 5.23. The minimum atomic E-state index is 0.227. The fourth-order valence-corrected chi connectivity index (χ4v) is 2.65. The van der Waals surface area contributed by atoms with E-state index in [4.69, 9.17) is 4.52 Å². The molecule has 0 spiro atoms. The van der Waals surface area contributed by atoms with Crippen molar-refractivity contribution < 1.29 is 4.52 Å². The second-order valence-electron chi connectivity index (χ2n) is 6.72. The lowest BCUT2D eigenvalue weighted by Crippen LogP contribution is -2.22. The van der Waals surface area contributed by atoms with Crippen molar-refractivity contribution in [1.29, 1.82) is 0 Å². The third kappa shape index (κ3) is 4.30. The topological polar surface area (TPSA) is 72.9 Å². The molecule has 7 nitrogen and oxygen atoms in total.